The van der Waals surface area contributed by atoms with Crippen LogP contribution in [0, 0.1) is 0 Å². The Morgan fingerprint density at radius 2 is 1.14 bits per heavy atom. The molecule has 0 saturated heterocycles. The standard InChI is InChI=1S/H2O4S.O.Pb/c1-5(2,3)4;;/h(H2,1,2,3,4);;/q;-2;+4/p-2. The quantitative estimate of drug-likeness (QED) is 0.297. The fourth-order valence-corrected chi connectivity index (χ4v) is 0. The van der Waals surface area contributed by atoms with Gasteiger partial charge in [0, 0.05) is 10.4 Å². The zero-order valence-corrected chi connectivity index (χ0v) is 7.65. The van der Waals surface area contributed by atoms with Crippen molar-refractivity contribution in [2.75, 3.05) is 0 Å². The molecule has 0 bridgehead atoms. The Balaban J connectivity index is -0.0000000800. The van der Waals surface area contributed by atoms with Crippen molar-refractivity contribution in [2.24, 2.45) is 0 Å². The average molecular weight is 319 g/mol. The van der Waals surface area contributed by atoms with Crippen LogP contribution in [0.1, 0.15) is 0 Å². The van der Waals surface area contributed by atoms with Gasteiger partial charge in [0.1, 0.15) is 0 Å². The Morgan fingerprint density at radius 3 is 1.14 bits per heavy atom. The predicted octanol–water partition coefficient (Wildman–Crippen LogP) is -1.84. The van der Waals surface area contributed by atoms with Crippen LogP contribution in [0.25, 0.3) is 0 Å². The van der Waals surface area contributed by atoms with E-state index in [0.29, 0.717) is 0 Å². The molecule has 0 spiro atoms. The van der Waals surface area contributed by atoms with Gasteiger partial charge < -0.3 is 14.6 Å². The third-order valence-corrected chi connectivity index (χ3v) is 0. The van der Waals surface area contributed by atoms with Crippen molar-refractivity contribution in [3.05, 3.63) is 0 Å². The van der Waals surface area contributed by atoms with Gasteiger partial charge in [-0.1, -0.05) is 0 Å². The predicted molar refractivity (Wildman–Crippen MR) is 16.9 cm³/mol. The van der Waals surface area contributed by atoms with Gasteiger partial charge in [-0.15, -0.1) is 0 Å². The third kappa shape index (κ3) is 270. The van der Waals surface area contributed by atoms with Gasteiger partial charge in [0.05, 0.1) is 0 Å². The third-order valence-electron chi connectivity index (χ3n) is 0. The maximum absolute atomic E-state index is 8.52. The first-order valence-corrected chi connectivity index (χ1v) is 2.00. The second-order valence-electron chi connectivity index (χ2n) is 0.408. The average Bonchev–Trinajstić information content (AvgIpc) is 0.722. The van der Waals surface area contributed by atoms with E-state index in [-0.39, 0.29) is 32.8 Å². The molecule has 0 aliphatic carbocycles. The summed E-state index contributed by atoms with van der Waals surface area (Å²) in [5.74, 6) is 0. The molecule has 7 heavy (non-hydrogen) atoms. The molecule has 5 nitrogen and oxygen atoms in total. The van der Waals surface area contributed by atoms with E-state index in [4.69, 9.17) is 17.5 Å². The molecule has 0 heterocycles. The molecular formula is O5PbS. The van der Waals surface area contributed by atoms with Gasteiger partial charge in [-0.2, -0.15) is 0 Å². The first-order valence-electron chi connectivity index (χ1n) is 0.667. The van der Waals surface area contributed by atoms with Gasteiger partial charge >= 0.3 is 27.3 Å². The summed E-state index contributed by atoms with van der Waals surface area (Å²) in [6.45, 7) is 0. The van der Waals surface area contributed by atoms with Crippen molar-refractivity contribution >= 4 is 37.7 Å². The SMILES string of the molecule is O=S(=O)([O-])[O-].[O-2].[Pb+4]. The van der Waals surface area contributed by atoms with Crippen LogP contribution in [0.4, 0.5) is 0 Å². The molecule has 0 unspecified atom stereocenters. The summed E-state index contributed by atoms with van der Waals surface area (Å²) in [5.41, 5.74) is 0. The van der Waals surface area contributed by atoms with Gasteiger partial charge in [-0.3, -0.25) is 8.42 Å². The van der Waals surface area contributed by atoms with Gasteiger partial charge in [0.25, 0.3) is 0 Å². The van der Waals surface area contributed by atoms with E-state index in [0.717, 1.165) is 0 Å². The molecule has 0 amide bonds. The van der Waals surface area contributed by atoms with Crippen molar-refractivity contribution in [3.63, 3.8) is 0 Å². The zero-order valence-electron chi connectivity index (χ0n) is 2.95. The molecule has 0 aromatic rings. The Kier molecular flexibility index (Phi) is 11.0. The van der Waals surface area contributed by atoms with Crippen LogP contribution in [0.3, 0.4) is 0 Å². The Morgan fingerprint density at radius 1 is 1.14 bits per heavy atom. The molecule has 0 N–H and O–H groups in total. The van der Waals surface area contributed by atoms with E-state index in [9.17, 15) is 0 Å². The molecule has 0 atom stereocenters. The summed E-state index contributed by atoms with van der Waals surface area (Å²) in [7, 11) is -5.17. The van der Waals surface area contributed by atoms with Crippen molar-refractivity contribution in [1.29, 1.82) is 0 Å². The second kappa shape index (κ2) is 4.90. The van der Waals surface area contributed by atoms with Crippen LogP contribution in [-0.4, -0.2) is 44.8 Å². The Hall–Kier alpha value is 0.752. The molecule has 0 fully saturated rings. The maximum atomic E-state index is 8.52. The number of hydrogen-bond acceptors (Lipinski definition) is 4. The van der Waals surface area contributed by atoms with E-state index in [1.54, 1.807) is 0 Å². The van der Waals surface area contributed by atoms with E-state index in [2.05, 4.69) is 0 Å². The monoisotopic (exact) mass is 320 g/mol. The van der Waals surface area contributed by atoms with E-state index in [1.165, 1.54) is 0 Å². The molecule has 7 heteroatoms. The Bertz CT molecular complexity index is 91.2. The smallest absolute Gasteiger partial charge is 2.00 e. The van der Waals surface area contributed by atoms with Gasteiger partial charge in [0.15, 0.2) is 0 Å². The fraction of sp³-hybridized carbons (Fsp3) is 0. The maximum Gasteiger partial charge on any atom is 4.00 e. The molecule has 0 rings (SSSR count). The first kappa shape index (κ1) is 15.7. The van der Waals surface area contributed by atoms with Crippen molar-refractivity contribution in [1.82, 2.24) is 0 Å². The van der Waals surface area contributed by atoms with E-state index in [1.807, 2.05) is 0 Å². The van der Waals surface area contributed by atoms with Crippen LogP contribution in [-0.2, 0) is 15.9 Å². The number of hydrogen-bond donors (Lipinski definition) is 0. The minimum Gasteiger partial charge on any atom is -2.00 e. The van der Waals surface area contributed by atoms with Gasteiger partial charge in [-0.25, -0.2) is 0 Å². The van der Waals surface area contributed by atoms with Crippen LogP contribution < -0.4 is 0 Å². The van der Waals surface area contributed by atoms with Gasteiger partial charge in [0.2, 0.25) is 0 Å². The van der Waals surface area contributed by atoms with Crippen LogP contribution >= 0.6 is 0 Å². The first-order chi connectivity index (χ1) is 2.00. The molecule has 0 aromatic heterocycles. The summed E-state index contributed by atoms with van der Waals surface area (Å²) in [4.78, 5) is 0. The zero-order chi connectivity index (χ0) is 4.50. The molecule has 0 radical (unpaired) electrons. The minimum absolute atomic E-state index is 0. The second-order valence-corrected chi connectivity index (χ2v) is 1.22. The summed E-state index contributed by atoms with van der Waals surface area (Å²) in [6.07, 6.45) is 0. The summed E-state index contributed by atoms with van der Waals surface area (Å²) < 4.78 is 34.1. The van der Waals surface area contributed by atoms with Crippen LogP contribution in [0.5, 0.6) is 0 Å². The summed E-state index contributed by atoms with van der Waals surface area (Å²) >= 11 is 0. The van der Waals surface area contributed by atoms with E-state index < -0.39 is 10.4 Å². The topological polar surface area (TPSA) is 109 Å². The van der Waals surface area contributed by atoms with Crippen molar-refractivity contribution in [2.45, 2.75) is 0 Å². The van der Waals surface area contributed by atoms with Crippen molar-refractivity contribution < 1.29 is 23.0 Å². The molecule has 0 saturated carbocycles. The van der Waals surface area contributed by atoms with E-state index >= 15 is 0 Å². The normalized spacial score (nSPS) is 8.29. The Labute approximate surface area is 60.8 Å². The summed E-state index contributed by atoms with van der Waals surface area (Å²) in [6, 6.07) is 0. The minimum atomic E-state index is -5.17. The van der Waals surface area contributed by atoms with Crippen LogP contribution in [0.2, 0.25) is 0 Å². The largest absolute Gasteiger partial charge is 4.00 e. The molecule has 0 aliphatic rings. The van der Waals surface area contributed by atoms with Gasteiger partial charge in [-0.05, 0) is 0 Å². The molecule has 40 valence electrons. The number of rotatable bonds is 0. The summed E-state index contributed by atoms with van der Waals surface area (Å²) in [5, 5.41) is 0. The molecular weight excluding hydrogens is 319 g/mol. The van der Waals surface area contributed by atoms with Crippen molar-refractivity contribution in [3.8, 4) is 0 Å². The van der Waals surface area contributed by atoms with Crippen LogP contribution in [0.15, 0.2) is 0 Å². The molecule has 0 aliphatic heterocycles. The fourth-order valence-electron chi connectivity index (χ4n) is 0. The molecule has 0 aromatic carbocycles.